The molecule has 0 unspecified atom stereocenters. The second-order valence-electron chi connectivity index (χ2n) is 5.29. The van der Waals surface area contributed by atoms with Crippen LogP contribution in [0.25, 0.3) is 26.6 Å². The highest BCUT2D eigenvalue weighted by molar-refractivity contribution is 7.19. The molecule has 0 radical (unpaired) electrons. The van der Waals surface area contributed by atoms with Crippen molar-refractivity contribution in [3.05, 3.63) is 47.5 Å². The van der Waals surface area contributed by atoms with E-state index in [4.69, 9.17) is 16.7 Å². The SMILES string of the molecule is CN(C)c1ccc(-c2nn3c(nc4cc(Cl)ccc43)s2)cc1. The summed E-state index contributed by atoms with van der Waals surface area (Å²) in [5.74, 6) is 0. The van der Waals surface area contributed by atoms with Crippen LogP contribution in [-0.4, -0.2) is 28.7 Å². The van der Waals surface area contributed by atoms with Gasteiger partial charge in [-0.15, -0.1) is 0 Å². The van der Waals surface area contributed by atoms with Crippen molar-refractivity contribution < 1.29 is 0 Å². The third-order valence-corrected chi connectivity index (χ3v) is 4.76. The van der Waals surface area contributed by atoms with Crippen LogP contribution in [0.2, 0.25) is 5.02 Å². The molecule has 0 atom stereocenters. The van der Waals surface area contributed by atoms with Gasteiger partial charge in [0.05, 0.1) is 11.0 Å². The first-order chi connectivity index (χ1) is 10.6. The van der Waals surface area contributed by atoms with Crippen LogP contribution in [0.3, 0.4) is 0 Å². The third-order valence-electron chi connectivity index (χ3n) is 3.57. The molecule has 0 saturated heterocycles. The average Bonchev–Trinajstić information content (AvgIpc) is 3.04. The Bertz CT molecular complexity index is 969. The van der Waals surface area contributed by atoms with Crippen LogP contribution >= 0.6 is 22.9 Å². The van der Waals surface area contributed by atoms with E-state index in [0.717, 1.165) is 26.6 Å². The smallest absolute Gasteiger partial charge is 0.213 e. The average molecular weight is 329 g/mol. The molecular weight excluding hydrogens is 316 g/mol. The molecule has 4 rings (SSSR count). The molecule has 0 saturated carbocycles. The summed E-state index contributed by atoms with van der Waals surface area (Å²) in [6.45, 7) is 0. The molecule has 4 nitrogen and oxygen atoms in total. The second-order valence-corrected chi connectivity index (χ2v) is 6.68. The van der Waals surface area contributed by atoms with Gasteiger partial charge in [-0.3, -0.25) is 0 Å². The second kappa shape index (κ2) is 4.97. The van der Waals surface area contributed by atoms with E-state index in [1.165, 1.54) is 5.69 Å². The molecule has 0 aliphatic rings. The van der Waals surface area contributed by atoms with Gasteiger partial charge in [0.1, 0.15) is 5.01 Å². The van der Waals surface area contributed by atoms with Gasteiger partial charge in [-0.05, 0) is 42.5 Å². The summed E-state index contributed by atoms with van der Waals surface area (Å²) in [6, 6.07) is 14.1. The minimum absolute atomic E-state index is 0.692. The monoisotopic (exact) mass is 328 g/mol. The molecule has 0 spiro atoms. The number of hydrogen-bond acceptors (Lipinski definition) is 4. The van der Waals surface area contributed by atoms with Gasteiger partial charge in [-0.25, -0.2) is 9.50 Å². The molecule has 0 aliphatic heterocycles. The van der Waals surface area contributed by atoms with Crippen molar-refractivity contribution >= 4 is 44.6 Å². The maximum absolute atomic E-state index is 6.01. The van der Waals surface area contributed by atoms with E-state index in [0.29, 0.717) is 5.02 Å². The largest absolute Gasteiger partial charge is 0.378 e. The van der Waals surface area contributed by atoms with E-state index < -0.39 is 0 Å². The molecular formula is C16H13ClN4S. The fraction of sp³-hybridized carbons (Fsp3) is 0.125. The van der Waals surface area contributed by atoms with E-state index in [1.807, 2.05) is 36.8 Å². The van der Waals surface area contributed by atoms with Crippen molar-refractivity contribution in [2.75, 3.05) is 19.0 Å². The standard InChI is InChI=1S/C16H13ClN4S/c1-20(2)12-6-3-10(4-7-12)15-19-21-14-8-5-11(17)9-13(14)18-16(21)22-15/h3-9H,1-2H3. The number of nitrogens with zero attached hydrogens (tertiary/aromatic N) is 4. The molecule has 2 heterocycles. The Morgan fingerprint density at radius 3 is 2.59 bits per heavy atom. The van der Waals surface area contributed by atoms with Crippen LogP contribution in [0.1, 0.15) is 0 Å². The summed E-state index contributed by atoms with van der Waals surface area (Å²) in [5, 5.41) is 6.35. The van der Waals surface area contributed by atoms with Crippen LogP contribution in [-0.2, 0) is 0 Å². The number of benzene rings is 2. The lowest BCUT2D eigenvalue weighted by Crippen LogP contribution is -2.07. The number of aromatic nitrogens is 3. The molecule has 22 heavy (non-hydrogen) atoms. The molecule has 110 valence electrons. The quantitative estimate of drug-likeness (QED) is 0.549. The van der Waals surface area contributed by atoms with Crippen LogP contribution in [0.5, 0.6) is 0 Å². The highest BCUT2D eigenvalue weighted by Gasteiger charge is 2.12. The highest BCUT2D eigenvalue weighted by Crippen LogP contribution is 2.30. The number of rotatable bonds is 2. The van der Waals surface area contributed by atoms with Crippen molar-refractivity contribution in [2.24, 2.45) is 0 Å². The van der Waals surface area contributed by atoms with Gasteiger partial charge < -0.3 is 4.90 Å². The molecule has 6 heteroatoms. The predicted molar refractivity (Wildman–Crippen MR) is 93.1 cm³/mol. The van der Waals surface area contributed by atoms with Crippen LogP contribution < -0.4 is 4.90 Å². The molecule has 0 bridgehead atoms. The molecule has 0 aliphatic carbocycles. The van der Waals surface area contributed by atoms with Crippen LogP contribution in [0, 0.1) is 0 Å². The van der Waals surface area contributed by atoms with E-state index >= 15 is 0 Å². The summed E-state index contributed by atoms with van der Waals surface area (Å²) in [4.78, 5) is 7.55. The topological polar surface area (TPSA) is 33.4 Å². The van der Waals surface area contributed by atoms with Crippen molar-refractivity contribution in [3.8, 4) is 10.6 Å². The summed E-state index contributed by atoms with van der Waals surface area (Å²) >= 11 is 7.59. The lowest BCUT2D eigenvalue weighted by atomic mass is 10.2. The zero-order chi connectivity index (χ0) is 15.3. The third kappa shape index (κ3) is 2.14. The zero-order valence-corrected chi connectivity index (χ0v) is 13.7. The first-order valence-corrected chi connectivity index (χ1v) is 8.04. The summed E-state index contributed by atoms with van der Waals surface area (Å²) in [5.41, 5.74) is 4.13. The van der Waals surface area contributed by atoms with E-state index in [9.17, 15) is 0 Å². The van der Waals surface area contributed by atoms with E-state index in [1.54, 1.807) is 11.3 Å². The minimum atomic E-state index is 0.692. The molecule has 0 N–H and O–H groups in total. The van der Waals surface area contributed by atoms with Crippen molar-refractivity contribution in [2.45, 2.75) is 0 Å². The van der Waals surface area contributed by atoms with Crippen molar-refractivity contribution in [1.82, 2.24) is 14.6 Å². The Hall–Kier alpha value is -2.11. The van der Waals surface area contributed by atoms with Gasteiger partial charge in [0.15, 0.2) is 0 Å². The van der Waals surface area contributed by atoms with Gasteiger partial charge >= 0.3 is 0 Å². The summed E-state index contributed by atoms with van der Waals surface area (Å²) in [6.07, 6.45) is 0. The van der Waals surface area contributed by atoms with Gasteiger partial charge in [0.2, 0.25) is 4.96 Å². The number of imidazole rings is 1. The fourth-order valence-corrected chi connectivity index (χ4v) is 3.48. The lowest BCUT2D eigenvalue weighted by Gasteiger charge is -2.11. The molecule has 4 aromatic rings. The number of halogens is 1. The Morgan fingerprint density at radius 2 is 1.86 bits per heavy atom. The van der Waals surface area contributed by atoms with Gasteiger partial charge in [-0.2, -0.15) is 5.10 Å². The molecule has 0 fully saturated rings. The maximum Gasteiger partial charge on any atom is 0.213 e. The Labute approximate surface area is 136 Å². The normalized spacial score (nSPS) is 11.4. The summed E-state index contributed by atoms with van der Waals surface area (Å²) < 4.78 is 1.88. The van der Waals surface area contributed by atoms with Gasteiger partial charge in [-0.1, -0.05) is 22.9 Å². The first-order valence-electron chi connectivity index (χ1n) is 6.84. The van der Waals surface area contributed by atoms with Gasteiger partial charge in [0.25, 0.3) is 0 Å². The molecule has 0 amide bonds. The Morgan fingerprint density at radius 1 is 1.09 bits per heavy atom. The molecule has 2 aromatic carbocycles. The molecule has 2 aromatic heterocycles. The fourth-order valence-electron chi connectivity index (χ4n) is 2.40. The summed E-state index contributed by atoms with van der Waals surface area (Å²) in [7, 11) is 4.06. The highest BCUT2D eigenvalue weighted by atomic mass is 35.5. The Kier molecular flexibility index (Phi) is 3.06. The first kappa shape index (κ1) is 13.5. The number of anilines is 1. The van der Waals surface area contributed by atoms with Crippen LogP contribution in [0.15, 0.2) is 42.5 Å². The zero-order valence-electron chi connectivity index (χ0n) is 12.1. The van der Waals surface area contributed by atoms with E-state index in [2.05, 4.69) is 34.1 Å². The predicted octanol–water partition coefficient (Wildman–Crippen LogP) is 4.33. The maximum atomic E-state index is 6.01. The Balaban J connectivity index is 1.82. The van der Waals surface area contributed by atoms with Crippen LogP contribution in [0.4, 0.5) is 5.69 Å². The lowest BCUT2D eigenvalue weighted by molar-refractivity contribution is 1.01. The van der Waals surface area contributed by atoms with E-state index in [-0.39, 0.29) is 0 Å². The van der Waals surface area contributed by atoms with Crippen molar-refractivity contribution in [3.63, 3.8) is 0 Å². The minimum Gasteiger partial charge on any atom is -0.378 e. The number of fused-ring (bicyclic) bond motifs is 3. The van der Waals surface area contributed by atoms with Crippen molar-refractivity contribution in [1.29, 1.82) is 0 Å². The number of hydrogen-bond donors (Lipinski definition) is 0. The van der Waals surface area contributed by atoms with Gasteiger partial charge in [0, 0.05) is 30.4 Å².